The van der Waals surface area contributed by atoms with Crippen LogP contribution in [0.2, 0.25) is 0 Å². The number of hydrogen-bond donors (Lipinski definition) is 1. The van der Waals surface area contributed by atoms with Crippen LogP contribution in [-0.4, -0.2) is 16.9 Å². The molecular formula is C14H12BrF3N2S. The molecule has 0 radical (unpaired) electrons. The Hall–Kier alpha value is -1.21. The summed E-state index contributed by atoms with van der Waals surface area (Å²) in [7, 11) is 0. The number of nitrogens with one attached hydrogen (secondary N) is 1. The third kappa shape index (κ3) is 5.59. The fraction of sp³-hybridized carbons (Fsp3) is 0.214. The number of rotatable bonds is 5. The fourth-order valence-electron chi connectivity index (χ4n) is 1.65. The van der Waals surface area contributed by atoms with E-state index in [4.69, 9.17) is 0 Å². The summed E-state index contributed by atoms with van der Waals surface area (Å²) in [5.74, 6) is -0.899. The summed E-state index contributed by atoms with van der Waals surface area (Å²) in [6.45, 7) is 0.496. The Kier molecular flexibility index (Phi) is 5.52. The van der Waals surface area contributed by atoms with Gasteiger partial charge in [0.05, 0.1) is 5.75 Å². The quantitative estimate of drug-likeness (QED) is 0.733. The van der Waals surface area contributed by atoms with Crippen LogP contribution in [0.4, 0.5) is 18.9 Å². The highest BCUT2D eigenvalue weighted by Gasteiger charge is 2.27. The Morgan fingerprint density at radius 1 is 1.19 bits per heavy atom. The average Bonchev–Trinajstić information content (AvgIpc) is 2.43. The topological polar surface area (TPSA) is 24.9 Å². The molecule has 0 fully saturated rings. The van der Waals surface area contributed by atoms with Gasteiger partial charge in [-0.15, -0.1) is 11.8 Å². The Balaban J connectivity index is 2.03. The lowest BCUT2D eigenvalue weighted by atomic mass is 10.2. The summed E-state index contributed by atoms with van der Waals surface area (Å²) in [4.78, 5) is 4.63. The van der Waals surface area contributed by atoms with Crippen LogP contribution in [0, 0.1) is 0 Å². The predicted octanol–water partition coefficient (Wildman–Crippen LogP) is 5.11. The van der Waals surface area contributed by atoms with Crippen molar-refractivity contribution in [2.75, 3.05) is 11.1 Å². The lowest BCUT2D eigenvalue weighted by molar-refractivity contribution is -0.105. The zero-order valence-corrected chi connectivity index (χ0v) is 13.2. The lowest BCUT2D eigenvalue weighted by Crippen LogP contribution is -2.11. The van der Waals surface area contributed by atoms with E-state index in [-0.39, 0.29) is 0 Å². The second kappa shape index (κ2) is 7.17. The zero-order chi connectivity index (χ0) is 15.3. The van der Waals surface area contributed by atoms with Crippen molar-refractivity contribution in [1.82, 2.24) is 4.98 Å². The Morgan fingerprint density at radius 3 is 2.67 bits per heavy atom. The molecule has 21 heavy (non-hydrogen) atoms. The van der Waals surface area contributed by atoms with E-state index in [0.29, 0.717) is 17.1 Å². The van der Waals surface area contributed by atoms with E-state index in [1.165, 1.54) is 0 Å². The van der Waals surface area contributed by atoms with E-state index in [9.17, 15) is 13.2 Å². The fourth-order valence-corrected chi connectivity index (χ4v) is 2.85. The SMILES string of the molecule is FC(F)(F)CSc1ccccc1NCc1cncc(Br)c1. The van der Waals surface area contributed by atoms with E-state index in [2.05, 4.69) is 26.2 Å². The van der Waals surface area contributed by atoms with Gasteiger partial charge in [0, 0.05) is 34.0 Å². The molecule has 1 N–H and O–H groups in total. The van der Waals surface area contributed by atoms with Crippen LogP contribution in [0.5, 0.6) is 0 Å². The number of thioether (sulfide) groups is 1. The van der Waals surface area contributed by atoms with Crippen molar-refractivity contribution in [3.8, 4) is 0 Å². The third-order valence-electron chi connectivity index (χ3n) is 2.52. The van der Waals surface area contributed by atoms with Crippen LogP contribution in [0.25, 0.3) is 0 Å². The molecule has 2 rings (SSSR count). The van der Waals surface area contributed by atoms with Gasteiger partial charge in [-0.05, 0) is 39.7 Å². The van der Waals surface area contributed by atoms with Crippen molar-refractivity contribution in [3.05, 3.63) is 52.8 Å². The minimum atomic E-state index is -4.17. The second-order valence-corrected chi connectivity index (χ2v) is 6.20. The maximum Gasteiger partial charge on any atom is 0.398 e. The second-order valence-electron chi connectivity index (χ2n) is 4.26. The molecule has 0 aliphatic carbocycles. The summed E-state index contributed by atoms with van der Waals surface area (Å²) in [6, 6.07) is 8.87. The van der Waals surface area contributed by atoms with Gasteiger partial charge in [0.15, 0.2) is 0 Å². The van der Waals surface area contributed by atoms with Crippen LogP contribution in [0.3, 0.4) is 0 Å². The summed E-state index contributed by atoms with van der Waals surface area (Å²) in [5, 5.41) is 3.14. The van der Waals surface area contributed by atoms with Gasteiger partial charge in [0.2, 0.25) is 0 Å². The van der Waals surface area contributed by atoms with Crippen molar-refractivity contribution in [2.45, 2.75) is 17.6 Å². The molecule has 112 valence electrons. The summed E-state index contributed by atoms with van der Waals surface area (Å²) >= 11 is 4.11. The minimum Gasteiger partial charge on any atom is -0.380 e. The predicted molar refractivity (Wildman–Crippen MR) is 82.5 cm³/mol. The zero-order valence-electron chi connectivity index (χ0n) is 10.8. The molecular weight excluding hydrogens is 365 g/mol. The number of para-hydroxylation sites is 1. The molecule has 0 aliphatic heterocycles. The van der Waals surface area contributed by atoms with Crippen molar-refractivity contribution in [2.24, 2.45) is 0 Å². The molecule has 1 heterocycles. The summed E-state index contributed by atoms with van der Waals surface area (Å²) < 4.78 is 37.8. The van der Waals surface area contributed by atoms with Crippen LogP contribution in [-0.2, 0) is 6.54 Å². The van der Waals surface area contributed by atoms with Gasteiger partial charge in [-0.1, -0.05) is 12.1 Å². The average molecular weight is 377 g/mol. The molecule has 1 aromatic heterocycles. The first-order chi connectivity index (χ1) is 9.94. The highest BCUT2D eigenvalue weighted by Crippen LogP contribution is 2.32. The Labute approximate surface area is 133 Å². The van der Waals surface area contributed by atoms with Gasteiger partial charge in [0.25, 0.3) is 0 Å². The highest BCUT2D eigenvalue weighted by molar-refractivity contribution is 9.10. The van der Waals surface area contributed by atoms with Gasteiger partial charge in [-0.3, -0.25) is 4.98 Å². The summed E-state index contributed by atoms with van der Waals surface area (Å²) in [6.07, 6.45) is -0.786. The number of aromatic nitrogens is 1. The Morgan fingerprint density at radius 2 is 1.95 bits per heavy atom. The van der Waals surface area contributed by atoms with E-state index < -0.39 is 11.9 Å². The lowest BCUT2D eigenvalue weighted by Gasteiger charge is -2.12. The van der Waals surface area contributed by atoms with Gasteiger partial charge in [-0.2, -0.15) is 13.2 Å². The monoisotopic (exact) mass is 376 g/mol. The first kappa shape index (κ1) is 16.2. The van der Waals surface area contributed by atoms with Crippen molar-refractivity contribution >= 4 is 33.4 Å². The highest BCUT2D eigenvalue weighted by atomic mass is 79.9. The van der Waals surface area contributed by atoms with Gasteiger partial charge >= 0.3 is 6.18 Å². The van der Waals surface area contributed by atoms with Gasteiger partial charge in [-0.25, -0.2) is 0 Å². The van der Waals surface area contributed by atoms with Crippen LogP contribution >= 0.6 is 27.7 Å². The summed E-state index contributed by atoms with van der Waals surface area (Å²) in [5.41, 5.74) is 1.63. The number of halogens is 4. The molecule has 0 atom stereocenters. The van der Waals surface area contributed by atoms with E-state index >= 15 is 0 Å². The maximum absolute atomic E-state index is 12.3. The van der Waals surface area contributed by atoms with Crippen LogP contribution < -0.4 is 5.32 Å². The molecule has 1 aromatic carbocycles. The van der Waals surface area contributed by atoms with E-state index in [1.807, 2.05) is 6.07 Å². The van der Waals surface area contributed by atoms with E-state index in [1.54, 1.807) is 36.7 Å². The first-order valence-electron chi connectivity index (χ1n) is 6.06. The first-order valence-corrected chi connectivity index (χ1v) is 7.84. The molecule has 0 aliphatic rings. The van der Waals surface area contributed by atoms with Crippen molar-refractivity contribution < 1.29 is 13.2 Å². The van der Waals surface area contributed by atoms with E-state index in [0.717, 1.165) is 21.8 Å². The molecule has 0 unspecified atom stereocenters. The Bertz CT molecular complexity index is 605. The normalized spacial score (nSPS) is 11.4. The van der Waals surface area contributed by atoms with Gasteiger partial charge in [0.1, 0.15) is 0 Å². The number of benzene rings is 1. The molecule has 0 saturated heterocycles. The molecule has 2 nitrogen and oxygen atoms in total. The minimum absolute atomic E-state index is 0.496. The van der Waals surface area contributed by atoms with Crippen LogP contribution in [0.1, 0.15) is 5.56 Å². The smallest absolute Gasteiger partial charge is 0.380 e. The number of anilines is 1. The molecule has 0 saturated carbocycles. The molecule has 2 aromatic rings. The standard InChI is InChI=1S/C14H12BrF3N2S/c15-11-5-10(6-19-8-11)7-20-12-3-1-2-4-13(12)21-9-14(16,17)18/h1-6,8,20H,7,9H2. The number of nitrogens with zero attached hydrogens (tertiary/aromatic N) is 1. The van der Waals surface area contributed by atoms with Gasteiger partial charge < -0.3 is 5.32 Å². The molecule has 0 spiro atoms. The number of hydrogen-bond acceptors (Lipinski definition) is 3. The maximum atomic E-state index is 12.3. The van der Waals surface area contributed by atoms with Crippen molar-refractivity contribution in [1.29, 1.82) is 0 Å². The molecule has 0 bridgehead atoms. The molecule has 0 amide bonds. The largest absolute Gasteiger partial charge is 0.398 e. The number of pyridine rings is 1. The third-order valence-corrected chi connectivity index (χ3v) is 4.10. The number of alkyl halides is 3. The van der Waals surface area contributed by atoms with Crippen LogP contribution in [0.15, 0.2) is 52.1 Å². The van der Waals surface area contributed by atoms with Crippen molar-refractivity contribution in [3.63, 3.8) is 0 Å². The molecule has 7 heteroatoms.